The van der Waals surface area contributed by atoms with Crippen molar-refractivity contribution in [3.8, 4) is 0 Å². The van der Waals surface area contributed by atoms with Crippen molar-refractivity contribution in [1.29, 1.82) is 0 Å². The molecule has 0 bridgehead atoms. The van der Waals surface area contributed by atoms with Crippen molar-refractivity contribution in [2.24, 2.45) is 5.73 Å². The first-order valence-corrected chi connectivity index (χ1v) is 3.96. The van der Waals surface area contributed by atoms with Crippen molar-refractivity contribution in [3.63, 3.8) is 0 Å². The van der Waals surface area contributed by atoms with Crippen LogP contribution in [0.15, 0.2) is 24.3 Å². The number of nitrogens with zero attached hydrogens (tertiary/aromatic N) is 1. The Kier molecular flexibility index (Phi) is 1.73. The Morgan fingerprint density at radius 3 is 3.00 bits per heavy atom. The first-order valence-electron chi connectivity index (χ1n) is 3.96. The number of hydrogen-bond donors (Lipinski definition) is 2. The van der Waals surface area contributed by atoms with Crippen LogP contribution in [0.1, 0.15) is 5.56 Å². The zero-order chi connectivity index (χ0) is 9.26. The number of amides is 1. The number of nitrogens with two attached hydrogens (primary N) is 1. The highest BCUT2D eigenvalue weighted by molar-refractivity contribution is 6.41. The first-order chi connectivity index (χ1) is 6.27. The Bertz CT molecular complexity index is 384. The van der Waals surface area contributed by atoms with Crippen LogP contribution in [0.3, 0.4) is 0 Å². The normalized spacial score (nSPS) is 14.0. The van der Waals surface area contributed by atoms with Crippen LogP contribution in [0.4, 0.5) is 5.69 Å². The Balaban J connectivity index is 2.33. The van der Waals surface area contributed by atoms with Gasteiger partial charge in [-0.15, -0.1) is 0 Å². The summed E-state index contributed by atoms with van der Waals surface area (Å²) in [4.78, 5) is 14.8. The van der Waals surface area contributed by atoms with Gasteiger partial charge in [0, 0.05) is 5.56 Å². The zero-order valence-electron chi connectivity index (χ0n) is 6.95. The molecule has 0 aromatic heterocycles. The fourth-order valence-electron chi connectivity index (χ4n) is 1.25. The van der Waals surface area contributed by atoms with Crippen LogP contribution in [-0.4, -0.2) is 11.7 Å². The maximum Gasteiger partial charge on any atom is 0.381 e. The maximum absolute atomic E-state index is 10.8. The van der Waals surface area contributed by atoms with Gasteiger partial charge in [0.1, 0.15) is 5.69 Å². The van der Waals surface area contributed by atoms with E-state index in [1.165, 1.54) is 0 Å². The Hall–Kier alpha value is -1.84. The fourth-order valence-corrected chi connectivity index (χ4v) is 1.25. The summed E-state index contributed by atoms with van der Waals surface area (Å²) in [6.07, 6.45) is 0. The summed E-state index contributed by atoms with van der Waals surface area (Å²) in [7, 11) is 0. The highest BCUT2D eigenvalue weighted by Crippen LogP contribution is 2.16. The van der Waals surface area contributed by atoms with E-state index in [1.54, 1.807) is 0 Å². The molecule has 0 saturated heterocycles. The number of fused-ring (bicyclic) bond motifs is 1. The van der Waals surface area contributed by atoms with Gasteiger partial charge in [-0.3, -0.25) is 4.79 Å². The predicted molar refractivity (Wildman–Crippen MR) is 50.1 cm³/mol. The standard InChI is InChI=1S/C9H9N3O/c10-8(13)9-11-5-6-3-1-2-4-7(6)12-9/h1-4,12H,5H2,(H2,10,13)/q+1. The van der Waals surface area contributed by atoms with Crippen LogP contribution < -0.4 is 16.0 Å². The highest BCUT2D eigenvalue weighted by Gasteiger charge is 2.24. The lowest BCUT2D eigenvalue weighted by molar-refractivity contribution is -0.112. The number of amidine groups is 1. The molecule has 0 saturated carbocycles. The van der Waals surface area contributed by atoms with Gasteiger partial charge in [0.2, 0.25) is 0 Å². The van der Waals surface area contributed by atoms with Gasteiger partial charge in [-0.05, 0) is 6.07 Å². The van der Waals surface area contributed by atoms with Crippen LogP contribution in [0.2, 0.25) is 0 Å². The lowest BCUT2D eigenvalue weighted by atomic mass is 10.1. The van der Waals surface area contributed by atoms with Gasteiger partial charge < -0.3 is 5.73 Å². The topological polar surface area (TPSA) is 69.2 Å². The summed E-state index contributed by atoms with van der Waals surface area (Å²) in [6.45, 7) is 0.515. The monoisotopic (exact) mass is 175 g/mol. The third-order valence-electron chi connectivity index (χ3n) is 1.91. The number of rotatable bonds is 1. The van der Waals surface area contributed by atoms with Crippen molar-refractivity contribution in [2.75, 3.05) is 5.32 Å². The third kappa shape index (κ3) is 1.38. The number of aliphatic imine (C=N–C) groups is 1. The van der Waals surface area contributed by atoms with Crippen LogP contribution in [-0.2, 0) is 11.3 Å². The van der Waals surface area contributed by atoms with Crippen molar-refractivity contribution < 1.29 is 4.79 Å². The average Bonchev–Trinajstić information content (AvgIpc) is 2.17. The van der Waals surface area contributed by atoms with Crippen molar-refractivity contribution in [1.82, 2.24) is 4.99 Å². The molecule has 0 fully saturated rings. The van der Waals surface area contributed by atoms with Gasteiger partial charge in [-0.25, -0.2) is 5.32 Å². The van der Waals surface area contributed by atoms with E-state index in [1.807, 2.05) is 24.3 Å². The maximum atomic E-state index is 10.8. The van der Waals surface area contributed by atoms with Crippen LogP contribution in [0.25, 0.3) is 0 Å². The van der Waals surface area contributed by atoms with Gasteiger partial charge >= 0.3 is 11.7 Å². The molecule has 0 atom stereocenters. The fraction of sp³-hybridized carbons (Fsp3) is 0.111. The number of primary amides is 1. The second kappa shape index (κ2) is 2.90. The van der Waals surface area contributed by atoms with E-state index in [2.05, 4.69) is 10.3 Å². The van der Waals surface area contributed by atoms with E-state index >= 15 is 0 Å². The number of hydrogen-bond acceptors (Lipinski definition) is 3. The molecule has 2 rings (SSSR count). The summed E-state index contributed by atoms with van der Waals surface area (Å²) in [5, 5.41) is 2.87. The number of anilines is 1. The van der Waals surface area contributed by atoms with Gasteiger partial charge in [0.05, 0.1) is 0 Å². The van der Waals surface area contributed by atoms with E-state index in [-0.39, 0.29) is 5.84 Å². The molecule has 4 nitrogen and oxygen atoms in total. The van der Waals surface area contributed by atoms with E-state index in [9.17, 15) is 4.79 Å². The molecule has 0 unspecified atom stereocenters. The first kappa shape index (κ1) is 7.79. The second-order valence-electron chi connectivity index (χ2n) is 2.81. The largest absolute Gasteiger partial charge is 0.381 e. The molecule has 0 spiro atoms. The van der Waals surface area contributed by atoms with Gasteiger partial charge in [-0.2, -0.15) is 0 Å². The molecule has 1 aliphatic rings. The molecule has 0 aliphatic carbocycles. The number of benzene rings is 1. The summed E-state index contributed by atoms with van der Waals surface area (Å²) >= 11 is 0. The lowest BCUT2D eigenvalue weighted by Gasteiger charge is -2.06. The second-order valence-corrected chi connectivity index (χ2v) is 2.81. The molecular formula is C9H9N3O+. The highest BCUT2D eigenvalue weighted by atomic mass is 16.1. The zero-order valence-corrected chi connectivity index (χ0v) is 6.95. The minimum absolute atomic E-state index is 0.235. The molecule has 1 heterocycles. The molecule has 1 amide bonds. The van der Waals surface area contributed by atoms with Crippen LogP contribution in [0, 0.1) is 0 Å². The number of para-hydroxylation sites is 1. The minimum Gasteiger partial charge on any atom is -0.359 e. The SMILES string of the molecule is NC(=O)C1=[N+]Cc2ccccc2N1. The van der Waals surface area contributed by atoms with Crippen molar-refractivity contribution >= 4 is 17.4 Å². The Labute approximate surface area is 75.5 Å². The summed E-state index contributed by atoms with van der Waals surface area (Å²) in [5.41, 5.74) is 7.08. The molecule has 1 aliphatic heterocycles. The number of nitrogens with one attached hydrogen (secondary N) is 1. The minimum atomic E-state index is -0.519. The third-order valence-corrected chi connectivity index (χ3v) is 1.91. The molecule has 1 aromatic rings. The van der Waals surface area contributed by atoms with Gasteiger partial charge in [-0.1, -0.05) is 23.2 Å². The predicted octanol–water partition coefficient (Wildman–Crippen LogP) is -0.168. The van der Waals surface area contributed by atoms with E-state index in [0.29, 0.717) is 6.54 Å². The summed E-state index contributed by atoms with van der Waals surface area (Å²) < 4.78 is 0. The molecule has 13 heavy (non-hydrogen) atoms. The summed E-state index contributed by atoms with van der Waals surface area (Å²) in [6, 6.07) is 7.69. The van der Waals surface area contributed by atoms with Crippen LogP contribution >= 0.6 is 0 Å². The number of carbonyl (C=O) groups excluding carboxylic acids is 1. The number of carbonyl (C=O) groups is 1. The molecule has 1 aromatic carbocycles. The van der Waals surface area contributed by atoms with E-state index < -0.39 is 5.91 Å². The molecule has 1 radical (unpaired) electrons. The van der Waals surface area contributed by atoms with Gasteiger partial charge in [0.25, 0.3) is 0 Å². The molecular weight excluding hydrogens is 166 g/mol. The quantitative estimate of drug-likeness (QED) is 0.622. The smallest absolute Gasteiger partial charge is 0.359 e. The lowest BCUT2D eigenvalue weighted by Crippen LogP contribution is -2.36. The van der Waals surface area contributed by atoms with Gasteiger partial charge in [0.15, 0.2) is 6.54 Å². The molecule has 65 valence electrons. The Morgan fingerprint density at radius 1 is 1.46 bits per heavy atom. The Morgan fingerprint density at radius 2 is 2.23 bits per heavy atom. The average molecular weight is 175 g/mol. The van der Waals surface area contributed by atoms with E-state index in [0.717, 1.165) is 11.3 Å². The van der Waals surface area contributed by atoms with Crippen molar-refractivity contribution in [3.05, 3.63) is 29.8 Å². The molecule has 3 N–H and O–H groups in total. The van der Waals surface area contributed by atoms with Crippen molar-refractivity contribution in [2.45, 2.75) is 6.54 Å². The van der Waals surface area contributed by atoms with Crippen LogP contribution in [0.5, 0.6) is 0 Å². The summed E-state index contributed by atoms with van der Waals surface area (Å²) in [5.74, 6) is -0.284. The van der Waals surface area contributed by atoms with E-state index in [4.69, 9.17) is 5.73 Å². The molecule has 4 heteroatoms.